The molecule has 1 amide bonds. The molecule has 172 valence electrons. The van der Waals surface area contributed by atoms with Gasteiger partial charge < -0.3 is 14.6 Å². The molecule has 1 N–H and O–H groups in total. The summed E-state index contributed by atoms with van der Waals surface area (Å²) in [6.45, 7) is 12.2. The number of aromatic nitrogens is 4. The third-order valence-electron chi connectivity index (χ3n) is 7.12. The summed E-state index contributed by atoms with van der Waals surface area (Å²) in [5.41, 5.74) is 1.55. The Morgan fingerprint density at radius 1 is 1.06 bits per heavy atom. The van der Waals surface area contributed by atoms with E-state index >= 15 is 0 Å². The second-order valence-corrected chi connectivity index (χ2v) is 10.4. The van der Waals surface area contributed by atoms with Gasteiger partial charge in [0.05, 0.1) is 28.3 Å². The zero-order chi connectivity index (χ0) is 23.6. The van der Waals surface area contributed by atoms with Gasteiger partial charge in [-0.2, -0.15) is 5.10 Å². The molecule has 9 heteroatoms. The molecular weight excluding hydrogens is 417 g/mol. The van der Waals surface area contributed by atoms with Crippen LogP contribution >= 0.6 is 0 Å². The Bertz CT molecular complexity index is 1200. The molecule has 0 spiro atoms. The monoisotopic (exact) mass is 447 g/mol. The van der Waals surface area contributed by atoms with Crippen LogP contribution in [-0.2, 0) is 14.8 Å². The topological polar surface area (TPSA) is 91.2 Å². The lowest BCUT2D eigenvalue weighted by Gasteiger charge is -2.32. The van der Waals surface area contributed by atoms with Crippen molar-refractivity contribution in [2.45, 2.75) is 77.2 Å². The average molecular weight is 447 g/mol. The van der Waals surface area contributed by atoms with E-state index in [1.54, 1.807) is 17.1 Å². The summed E-state index contributed by atoms with van der Waals surface area (Å²) >= 11 is 0. The van der Waals surface area contributed by atoms with Gasteiger partial charge in [0, 0.05) is 12.2 Å². The summed E-state index contributed by atoms with van der Waals surface area (Å²) in [6, 6.07) is 8.28. The van der Waals surface area contributed by atoms with Crippen LogP contribution in [0.3, 0.4) is 0 Å². The highest BCUT2D eigenvalue weighted by Crippen LogP contribution is 2.45. The molecule has 8 nitrogen and oxygen atoms in total. The Balaban J connectivity index is 1.33. The minimum atomic E-state index is -0.403. The molecule has 1 aliphatic carbocycles. The quantitative estimate of drug-likeness (QED) is 0.605. The van der Waals surface area contributed by atoms with Crippen molar-refractivity contribution in [1.82, 2.24) is 25.1 Å². The van der Waals surface area contributed by atoms with Gasteiger partial charge >= 0.3 is 7.12 Å². The molecule has 0 unspecified atom stereocenters. The average Bonchev–Trinajstić information content (AvgIpc) is 3.34. The summed E-state index contributed by atoms with van der Waals surface area (Å²) in [7, 11) is -0.403. The minimum Gasteiger partial charge on any atom is -0.399 e. The van der Waals surface area contributed by atoms with Crippen molar-refractivity contribution >= 4 is 29.5 Å². The van der Waals surface area contributed by atoms with E-state index in [4.69, 9.17) is 9.31 Å². The maximum Gasteiger partial charge on any atom is 0.494 e. The lowest BCUT2D eigenvalue weighted by Crippen LogP contribution is -2.41. The zero-order valence-corrected chi connectivity index (χ0v) is 20.0. The number of nitrogens with one attached hydrogen (secondary N) is 1. The Morgan fingerprint density at radius 3 is 2.27 bits per heavy atom. The van der Waals surface area contributed by atoms with Crippen molar-refractivity contribution in [3.63, 3.8) is 0 Å². The van der Waals surface area contributed by atoms with E-state index in [0.29, 0.717) is 5.65 Å². The molecule has 0 radical (unpaired) electrons. The third-order valence-corrected chi connectivity index (χ3v) is 7.12. The van der Waals surface area contributed by atoms with Crippen LogP contribution in [0.4, 0.5) is 0 Å². The van der Waals surface area contributed by atoms with E-state index in [1.165, 1.54) is 0 Å². The van der Waals surface area contributed by atoms with Crippen molar-refractivity contribution in [2.75, 3.05) is 0 Å². The number of amides is 1. The van der Waals surface area contributed by atoms with E-state index in [1.807, 2.05) is 65.8 Å². The SMILES string of the molecule is CC(C)n1ncc2cnc(C(=O)NC3(c4ccc(B5OC(C)(C)C(C)(C)O5)cc4)CC3)nc21. The van der Waals surface area contributed by atoms with Gasteiger partial charge in [0.2, 0.25) is 5.82 Å². The van der Waals surface area contributed by atoms with Gasteiger partial charge in [-0.3, -0.25) is 4.79 Å². The van der Waals surface area contributed by atoms with E-state index in [9.17, 15) is 4.79 Å². The first-order valence-corrected chi connectivity index (χ1v) is 11.5. The fourth-order valence-electron chi connectivity index (χ4n) is 4.15. The van der Waals surface area contributed by atoms with Gasteiger partial charge in [0.15, 0.2) is 5.65 Å². The summed E-state index contributed by atoms with van der Waals surface area (Å²) < 4.78 is 14.1. The molecule has 2 aliphatic rings. The van der Waals surface area contributed by atoms with Gasteiger partial charge in [-0.15, -0.1) is 0 Å². The van der Waals surface area contributed by atoms with Gasteiger partial charge in [0.1, 0.15) is 0 Å². The molecule has 0 bridgehead atoms. The highest BCUT2D eigenvalue weighted by Gasteiger charge is 2.52. The predicted octanol–water partition coefficient (Wildman–Crippen LogP) is 3.13. The van der Waals surface area contributed by atoms with Crippen LogP contribution in [0.2, 0.25) is 0 Å². The first-order chi connectivity index (χ1) is 15.5. The molecule has 3 aromatic rings. The number of carbonyl (C=O) groups is 1. The lowest BCUT2D eigenvalue weighted by atomic mass is 9.78. The Hall–Kier alpha value is -2.78. The molecule has 2 fully saturated rings. The van der Waals surface area contributed by atoms with Crippen LogP contribution in [0.5, 0.6) is 0 Å². The normalized spacial score (nSPS) is 20.4. The first kappa shape index (κ1) is 22.0. The van der Waals surface area contributed by atoms with Gasteiger partial charge in [-0.05, 0) is 65.4 Å². The van der Waals surface area contributed by atoms with Crippen molar-refractivity contribution < 1.29 is 14.1 Å². The van der Waals surface area contributed by atoms with Gasteiger partial charge in [-0.1, -0.05) is 24.3 Å². The number of rotatable bonds is 5. The highest BCUT2D eigenvalue weighted by molar-refractivity contribution is 6.62. The fourth-order valence-corrected chi connectivity index (χ4v) is 4.15. The molecule has 1 aromatic carbocycles. The summed E-state index contributed by atoms with van der Waals surface area (Å²) in [5.74, 6) is -0.119. The van der Waals surface area contributed by atoms with Crippen molar-refractivity contribution in [3.05, 3.63) is 48.0 Å². The molecule has 2 aromatic heterocycles. The Labute approximate surface area is 194 Å². The van der Waals surface area contributed by atoms with E-state index in [2.05, 4.69) is 20.4 Å². The molecule has 33 heavy (non-hydrogen) atoms. The smallest absolute Gasteiger partial charge is 0.399 e. The summed E-state index contributed by atoms with van der Waals surface area (Å²) in [4.78, 5) is 21.8. The number of hydrogen-bond donors (Lipinski definition) is 1. The summed E-state index contributed by atoms with van der Waals surface area (Å²) in [6.07, 6.45) is 5.13. The number of hydrogen-bond acceptors (Lipinski definition) is 6. The largest absolute Gasteiger partial charge is 0.494 e. The second-order valence-electron chi connectivity index (χ2n) is 10.4. The van der Waals surface area contributed by atoms with Crippen LogP contribution in [-0.4, -0.2) is 44.0 Å². The molecule has 3 heterocycles. The molecular formula is C24H30BN5O3. The van der Waals surface area contributed by atoms with E-state index in [-0.39, 0.29) is 34.5 Å². The summed E-state index contributed by atoms with van der Waals surface area (Å²) in [5, 5.41) is 8.33. The zero-order valence-electron chi connectivity index (χ0n) is 20.0. The van der Waals surface area contributed by atoms with Crippen LogP contribution < -0.4 is 10.8 Å². The fraction of sp³-hybridized carbons (Fsp3) is 0.500. The number of fused-ring (bicyclic) bond motifs is 1. The molecule has 1 saturated carbocycles. The second kappa shape index (κ2) is 7.36. The minimum absolute atomic E-state index is 0.144. The Kier molecular flexibility index (Phi) is 4.92. The lowest BCUT2D eigenvalue weighted by molar-refractivity contribution is 0.00578. The maximum atomic E-state index is 13.0. The van der Waals surface area contributed by atoms with E-state index < -0.39 is 7.12 Å². The Morgan fingerprint density at radius 2 is 1.70 bits per heavy atom. The van der Waals surface area contributed by atoms with Crippen molar-refractivity contribution in [3.8, 4) is 0 Å². The highest BCUT2D eigenvalue weighted by atomic mass is 16.7. The van der Waals surface area contributed by atoms with Crippen molar-refractivity contribution in [1.29, 1.82) is 0 Å². The van der Waals surface area contributed by atoms with Gasteiger partial charge in [0.25, 0.3) is 5.91 Å². The van der Waals surface area contributed by atoms with Crippen LogP contribution in [0.25, 0.3) is 11.0 Å². The van der Waals surface area contributed by atoms with Gasteiger partial charge in [-0.25, -0.2) is 14.6 Å². The molecule has 1 saturated heterocycles. The standard InChI is InChI=1S/C24H30BN5O3/c1-15(2)30-20-16(14-27-30)13-26-19(28-20)21(31)29-24(11-12-24)17-7-9-18(10-8-17)25-32-22(3,4)23(5,6)33-25/h7-10,13-15H,11-12H2,1-6H3,(H,29,31). The maximum absolute atomic E-state index is 13.0. The first-order valence-electron chi connectivity index (χ1n) is 11.5. The molecule has 1 aliphatic heterocycles. The van der Waals surface area contributed by atoms with Crippen LogP contribution in [0, 0.1) is 0 Å². The number of benzene rings is 1. The molecule has 5 rings (SSSR count). The number of carbonyl (C=O) groups excluding carboxylic acids is 1. The van der Waals surface area contributed by atoms with Crippen molar-refractivity contribution in [2.24, 2.45) is 0 Å². The third kappa shape index (κ3) is 3.73. The molecule has 0 atom stereocenters. The predicted molar refractivity (Wildman–Crippen MR) is 126 cm³/mol. The number of nitrogens with zero attached hydrogens (tertiary/aromatic N) is 4. The van der Waals surface area contributed by atoms with E-state index in [0.717, 1.165) is 29.3 Å². The van der Waals surface area contributed by atoms with Crippen LogP contribution in [0.15, 0.2) is 36.7 Å². The van der Waals surface area contributed by atoms with Crippen LogP contribution in [0.1, 0.15) is 76.6 Å².